The summed E-state index contributed by atoms with van der Waals surface area (Å²) < 4.78 is 0. The molecule has 226 valence electrons. The van der Waals surface area contributed by atoms with Gasteiger partial charge in [-0.25, -0.2) is 9.97 Å². The lowest BCUT2D eigenvalue weighted by molar-refractivity contribution is 1.18. The summed E-state index contributed by atoms with van der Waals surface area (Å²) >= 11 is 0. The second-order valence-corrected chi connectivity index (χ2v) is 11.6. The molecule has 3 heterocycles. The highest BCUT2D eigenvalue weighted by atomic mass is 14.9. The van der Waals surface area contributed by atoms with Crippen molar-refractivity contribution < 1.29 is 0 Å². The van der Waals surface area contributed by atoms with Crippen LogP contribution < -0.4 is 0 Å². The zero-order chi connectivity index (χ0) is 32.1. The van der Waals surface area contributed by atoms with E-state index in [-0.39, 0.29) is 0 Å². The summed E-state index contributed by atoms with van der Waals surface area (Å²) in [4.78, 5) is 19.5. The zero-order valence-electron chi connectivity index (χ0n) is 26.1. The quantitative estimate of drug-likeness (QED) is 0.179. The van der Waals surface area contributed by atoms with Crippen molar-refractivity contribution in [2.75, 3.05) is 0 Å². The van der Waals surface area contributed by atoms with Gasteiger partial charge in [0.1, 0.15) is 0 Å². The van der Waals surface area contributed by atoms with Gasteiger partial charge in [0.15, 0.2) is 5.82 Å². The van der Waals surface area contributed by atoms with Gasteiger partial charge in [-0.1, -0.05) is 109 Å². The molecule has 0 N–H and O–H groups in total. The molecule has 0 unspecified atom stereocenters. The molecule has 5 aromatic carbocycles. The molecule has 0 fully saturated rings. The molecular formula is C44H30N4. The van der Waals surface area contributed by atoms with Crippen LogP contribution in [0.4, 0.5) is 0 Å². The Morgan fingerprint density at radius 2 is 0.646 bits per heavy atom. The fraction of sp³-hybridized carbons (Fsp3) is 0. The lowest BCUT2D eigenvalue weighted by atomic mass is 9.93. The molecule has 8 rings (SSSR count). The van der Waals surface area contributed by atoms with Crippen molar-refractivity contribution >= 4 is 0 Å². The number of rotatable bonds is 7. The van der Waals surface area contributed by atoms with Crippen LogP contribution in [-0.4, -0.2) is 19.9 Å². The lowest BCUT2D eigenvalue weighted by Crippen LogP contribution is -1.97. The van der Waals surface area contributed by atoms with E-state index in [1.807, 2.05) is 85.2 Å². The Morgan fingerprint density at radius 1 is 0.250 bits per heavy atom. The predicted octanol–water partition coefficient (Wildman–Crippen LogP) is 10.9. The third-order valence-electron chi connectivity index (χ3n) is 8.37. The average Bonchev–Trinajstić information content (AvgIpc) is 3.19. The van der Waals surface area contributed by atoms with E-state index in [1.165, 1.54) is 0 Å². The topological polar surface area (TPSA) is 51.6 Å². The zero-order valence-corrected chi connectivity index (χ0v) is 26.1. The SMILES string of the molecule is c1ccc(-c2cc(-c3ccccc3)nc(-c3cc(-c4cccc(-c5ccccn5)c4)cc(-c4cccc(-c5ccccn5)c4)c3)n2)cc1. The molecule has 48 heavy (non-hydrogen) atoms. The fourth-order valence-electron chi connectivity index (χ4n) is 5.96. The standard InChI is InChI=1S/C44H30N4/c1-3-13-31(14-4-1)42-30-43(32-15-5-2-6-16-32)48-44(47-42)39-28-37(33-17-11-19-35(25-33)40-21-7-9-23-45-40)27-38(29-39)34-18-12-20-36(26-34)41-22-8-10-24-46-41/h1-30H. The van der Waals surface area contributed by atoms with E-state index in [9.17, 15) is 0 Å². The van der Waals surface area contributed by atoms with Crippen molar-refractivity contribution in [1.29, 1.82) is 0 Å². The minimum absolute atomic E-state index is 0.667. The molecule has 4 heteroatoms. The Balaban J connectivity index is 1.33. The van der Waals surface area contributed by atoms with Crippen LogP contribution in [0.15, 0.2) is 182 Å². The van der Waals surface area contributed by atoms with Crippen molar-refractivity contribution in [3.8, 4) is 78.7 Å². The maximum atomic E-state index is 5.17. The Labute approximate surface area is 280 Å². The highest BCUT2D eigenvalue weighted by molar-refractivity contribution is 5.83. The summed E-state index contributed by atoms with van der Waals surface area (Å²) in [5.74, 6) is 0.667. The van der Waals surface area contributed by atoms with Crippen molar-refractivity contribution in [1.82, 2.24) is 19.9 Å². The van der Waals surface area contributed by atoms with Gasteiger partial charge in [0, 0.05) is 40.2 Å². The first-order valence-corrected chi connectivity index (χ1v) is 16.0. The summed E-state index contributed by atoms with van der Waals surface area (Å²) in [5.41, 5.74) is 13.1. The predicted molar refractivity (Wildman–Crippen MR) is 196 cm³/mol. The molecule has 3 aromatic heterocycles. The molecule has 0 aliphatic carbocycles. The molecule has 0 aliphatic rings. The summed E-state index contributed by atoms with van der Waals surface area (Å²) in [6.07, 6.45) is 3.66. The molecule has 0 aliphatic heterocycles. The van der Waals surface area contributed by atoms with Gasteiger partial charge in [0.25, 0.3) is 0 Å². The maximum absolute atomic E-state index is 5.17. The highest BCUT2D eigenvalue weighted by Crippen LogP contribution is 2.36. The van der Waals surface area contributed by atoms with Crippen molar-refractivity contribution in [2.45, 2.75) is 0 Å². The second-order valence-electron chi connectivity index (χ2n) is 11.6. The number of pyridine rings is 2. The second kappa shape index (κ2) is 13.1. The fourth-order valence-corrected chi connectivity index (χ4v) is 5.96. The third-order valence-corrected chi connectivity index (χ3v) is 8.37. The summed E-state index contributed by atoms with van der Waals surface area (Å²) in [6.45, 7) is 0. The van der Waals surface area contributed by atoms with Crippen LogP contribution in [-0.2, 0) is 0 Å². The van der Waals surface area contributed by atoms with Crippen LogP contribution in [0, 0.1) is 0 Å². The van der Waals surface area contributed by atoms with Gasteiger partial charge in [0.2, 0.25) is 0 Å². The molecule has 0 saturated heterocycles. The van der Waals surface area contributed by atoms with E-state index in [4.69, 9.17) is 9.97 Å². The molecule has 8 aromatic rings. The van der Waals surface area contributed by atoms with Gasteiger partial charge in [-0.05, 0) is 82.9 Å². The van der Waals surface area contributed by atoms with Crippen LogP contribution in [0.1, 0.15) is 0 Å². The van der Waals surface area contributed by atoms with Crippen LogP contribution in [0.25, 0.3) is 78.7 Å². The molecule has 0 spiro atoms. The summed E-state index contributed by atoms with van der Waals surface area (Å²) in [6, 6.07) is 58.4. The first-order valence-electron chi connectivity index (χ1n) is 16.0. The molecule has 0 amide bonds. The summed E-state index contributed by atoms with van der Waals surface area (Å²) in [7, 11) is 0. The largest absolute Gasteiger partial charge is 0.256 e. The number of aromatic nitrogens is 4. The monoisotopic (exact) mass is 614 g/mol. The van der Waals surface area contributed by atoms with Crippen molar-refractivity contribution in [3.05, 3.63) is 182 Å². The Morgan fingerprint density at radius 3 is 1.10 bits per heavy atom. The summed E-state index contributed by atoms with van der Waals surface area (Å²) in [5, 5.41) is 0. The first kappa shape index (κ1) is 28.9. The van der Waals surface area contributed by atoms with Gasteiger partial charge in [-0.15, -0.1) is 0 Å². The van der Waals surface area contributed by atoms with E-state index in [0.29, 0.717) is 5.82 Å². The first-order chi connectivity index (χ1) is 23.8. The van der Waals surface area contributed by atoms with Crippen molar-refractivity contribution in [3.63, 3.8) is 0 Å². The minimum atomic E-state index is 0.667. The lowest BCUT2D eigenvalue weighted by Gasteiger charge is -2.14. The van der Waals surface area contributed by atoms with Gasteiger partial charge >= 0.3 is 0 Å². The van der Waals surface area contributed by atoms with E-state index < -0.39 is 0 Å². The third kappa shape index (κ3) is 6.15. The van der Waals surface area contributed by atoms with Crippen LogP contribution in [0.5, 0.6) is 0 Å². The van der Waals surface area contributed by atoms with Gasteiger partial charge < -0.3 is 0 Å². The van der Waals surface area contributed by atoms with E-state index in [0.717, 1.165) is 72.8 Å². The van der Waals surface area contributed by atoms with Gasteiger partial charge in [0.05, 0.1) is 22.8 Å². The van der Waals surface area contributed by atoms with E-state index in [1.54, 1.807) is 0 Å². The molecule has 4 nitrogen and oxygen atoms in total. The number of hydrogen-bond donors (Lipinski definition) is 0. The normalized spacial score (nSPS) is 10.9. The Hall–Kier alpha value is -6.52. The van der Waals surface area contributed by atoms with Gasteiger partial charge in [-0.2, -0.15) is 0 Å². The number of nitrogens with zero attached hydrogens (tertiary/aromatic N) is 4. The minimum Gasteiger partial charge on any atom is -0.256 e. The van der Waals surface area contributed by atoms with Crippen LogP contribution >= 0.6 is 0 Å². The molecule has 0 bridgehead atoms. The molecule has 0 saturated carbocycles. The van der Waals surface area contributed by atoms with E-state index >= 15 is 0 Å². The van der Waals surface area contributed by atoms with Gasteiger partial charge in [-0.3, -0.25) is 9.97 Å². The Kier molecular flexibility index (Phi) is 7.87. The average molecular weight is 615 g/mol. The molecule has 0 radical (unpaired) electrons. The highest BCUT2D eigenvalue weighted by Gasteiger charge is 2.15. The number of benzene rings is 5. The molecule has 0 atom stereocenters. The Bertz CT molecular complexity index is 2160. The van der Waals surface area contributed by atoms with Crippen molar-refractivity contribution in [2.24, 2.45) is 0 Å². The van der Waals surface area contributed by atoms with Crippen LogP contribution in [0.3, 0.4) is 0 Å². The van der Waals surface area contributed by atoms with Crippen LogP contribution in [0.2, 0.25) is 0 Å². The number of hydrogen-bond acceptors (Lipinski definition) is 4. The van der Waals surface area contributed by atoms with E-state index in [2.05, 4.69) is 107 Å². The molecular weight excluding hydrogens is 585 g/mol. The smallest absolute Gasteiger partial charge is 0.160 e. The maximum Gasteiger partial charge on any atom is 0.160 e.